The Hall–Kier alpha value is -2.08. The average molecular weight is 277 g/mol. The Bertz CT molecular complexity index is 567. The molecule has 0 aliphatic heterocycles. The summed E-state index contributed by atoms with van der Waals surface area (Å²) >= 11 is 0. The molecule has 2 aromatic rings. The highest BCUT2D eigenvalue weighted by atomic mass is 16.6. The van der Waals surface area contributed by atoms with Gasteiger partial charge < -0.3 is 15.2 Å². The molecule has 0 aliphatic carbocycles. The highest BCUT2D eigenvalue weighted by Gasteiger charge is 2.11. The first-order valence-corrected chi connectivity index (χ1v) is 6.43. The van der Waals surface area contributed by atoms with Gasteiger partial charge in [-0.25, -0.2) is 4.63 Å². The second kappa shape index (κ2) is 6.38. The van der Waals surface area contributed by atoms with Crippen LogP contribution >= 0.6 is 0 Å². The minimum atomic E-state index is 0.0567. The molecule has 0 aliphatic rings. The van der Waals surface area contributed by atoms with Gasteiger partial charge in [0.05, 0.1) is 7.11 Å². The number of methoxy groups -OCH3 is 1. The number of hydrogen-bond acceptors (Lipinski definition) is 6. The Morgan fingerprint density at radius 2 is 2.15 bits per heavy atom. The summed E-state index contributed by atoms with van der Waals surface area (Å²) in [4.78, 5) is 0. The van der Waals surface area contributed by atoms with E-state index in [4.69, 9.17) is 15.2 Å². The first-order valence-electron chi connectivity index (χ1n) is 6.43. The first kappa shape index (κ1) is 14.3. The van der Waals surface area contributed by atoms with Crippen LogP contribution in [0.4, 0.5) is 0 Å². The van der Waals surface area contributed by atoms with Crippen molar-refractivity contribution in [1.29, 1.82) is 0 Å². The lowest BCUT2D eigenvalue weighted by Gasteiger charge is -2.13. The van der Waals surface area contributed by atoms with Gasteiger partial charge in [-0.3, -0.25) is 0 Å². The van der Waals surface area contributed by atoms with E-state index in [0.717, 1.165) is 29.2 Å². The van der Waals surface area contributed by atoms with Crippen LogP contribution in [0.5, 0.6) is 11.5 Å². The Morgan fingerprint density at radius 3 is 2.75 bits per heavy atom. The minimum absolute atomic E-state index is 0.0567. The van der Waals surface area contributed by atoms with Gasteiger partial charge in [-0.05, 0) is 31.9 Å². The number of hydrogen-bond donors (Lipinski definition) is 1. The summed E-state index contributed by atoms with van der Waals surface area (Å²) in [6.45, 7) is 4.08. The molecule has 2 N–H and O–H groups in total. The summed E-state index contributed by atoms with van der Waals surface area (Å²) < 4.78 is 15.7. The van der Waals surface area contributed by atoms with Crippen molar-refractivity contribution in [2.24, 2.45) is 5.73 Å². The lowest BCUT2D eigenvalue weighted by Crippen LogP contribution is -2.18. The van der Waals surface area contributed by atoms with E-state index >= 15 is 0 Å². The number of rotatable bonds is 6. The highest BCUT2D eigenvalue weighted by Crippen LogP contribution is 2.26. The molecule has 0 radical (unpaired) electrons. The molecular weight excluding hydrogens is 258 g/mol. The summed E-state index contributed by atoms with van der Waals surface area (Å²) in [7, 11) is 1.62. The van der Waals surface area contributed by atoms with E-state index in [2.05, 4.69) is 14.9 Å². The van der Waals surface area contributed by atoms with Gasteiger partial charge in [0, 0.05) is 12.1 Å². The third-order valence-electron chi connectivity index (χ3n) is 2.93. The Kier molecular flexibility index (Phi) is 4.57. The quantitative estimate of drug-likeness (QED) is 0.867. The van der Waals surface area contributed by atoms with E-state index in [-0.39, 0.29) is 6.04 Å². The Labute approximate surface area is 117 Å². The maximum Gasteiger partial charge on any atom is 0.145 e. The molecule has 0 saturated heterocycles. The normalized spacial score (nSPS) is 12.2. The van der Waals surface area contributed by atoms with Crippen LogP contribution in [0.15, 0.2) is 22.8 Å². The molecule has 20 heavy (non-hydrogen) atoms. The van der Waals surface area contributed by atoms with Crippen LogP contribution in [0.2, 0.25) is 0 Å². The second-order valence-corrected chi connectivity index (χ2v) is 4.74. The number of aryl methyl sites for hydroxylation is 1. The fourth-order valence-electron chi connectivity index (χ4n) is 1.84. The third-order valence-corrected chi connectivity index (χ3v) is 2.93. The molecule has 0 fully saturated rings. The summed E-state index contributed by atoms with van der Waals surface area (Å²) in [5.41, 5.74) is 8.30. The van der Waals surface area contributed by atoms with Gasteiger partial charge in [0.2, 0.25) is 0 Å². The number of ether oxygens (including phenoxy) is 2. The number of nitrogens with zero attached hydrogens (tertiary/aromatic N) is 2. The van der Waals surface area contributed by atoms with Gasteiger partial charge in [-0.2, -0.15) is 0 Å². The molecule has 108 valence electrons. The van der Waals surface area contributed by atoms with Crippen molar-refractivity contribution in [3.8, 4) is 11.5 Å². The van der Waals surface area contributed by atoms with Gasteiger partial charge in [0.1, 0.15) is 29.5 Å². The predicted octanol–water partition coefficient (Wildman–Crippen LogP) is 1.86. The summed E-state index contributed by atoms with van der Waals surface area (Å²) in [5.74, 6) is 1.48. The summed E-state index contributed by atoms with van der Waals surface area (Å²) in [5, 5.41) is 7.52. The molecule has 2 rings (SSSR count). The maximum absolute atomic E-state index is 5.85. The second-order valence-electron chi connectivity index (χ2n) is 4.74. The molecule has 0 spiro atoms. The standard InChI is InChI=1S/C14H19N3O3/c1-9(15)6-11-4-5-12(18-3)7-14(11)19-8-13-10(2)16-20-17-13/h4-5,7,9H,6,8,15H2,1-3H3. The van der Waals surface area contributed by atoms with Crippen LogP contribution in [0, 0.1) is 6.92 Å². The first-order chi connectivity index (χ1) is 9.60. The van der Waals surface area contributed by atoms with E-state index < -0.39 is 0 Å². The molecule has 1 aromatic heterocycles. The highest BCUT2D eigenvalue weighted by molar-refractivity contribution is 5.41. The molecule has 0 saturated carbocycles. The summed E-state index contributed by atoms with van der Waals surface area (Å²) in [6, 6.07) is 5.76. The SMILES string of the molecule is COc1ccc(CC(C)N)c(OCc2nonc2C)c1. The van der Waals surface area contributed by atoms with E-state index in [9.17, 15) is 0 Å². The predicted molar refractivity (Wildman–Crippen MR) is 73.7 cm³/mol. The van der Waals surface area contributed by atoms with Gasteiger partial charge >= 0.3 is 0 Å². The van der Waals surface area contributed by atoms with E-state index in [0.29, 0.717) is 12.3 Å². The molecule has 1 heterocycles. The van der Waals surface area contributed by atoms with Gasteiger partial charge in [0.15, 0.2) is 0 Å². The minimum Gasteiger partial charge on any atom is -0.497 e. The molecule has 0 amide bonds. The zero-order valence-electron chi connectivity index (χ0n) is 11.9. The molecule has 0 bridgehead atoms. The topological polar surface area (TPSA) is 83.4 Å². The van der Waals surface area contributed by atoms with Crippen molar-refractivity contribution in [1.82, 2.24) is 10.3 Å². The molecule has 1 aromatic carbocycles. The van der Waals surface area contributed by atoms with Gasteiger partial charge in [-0.1, -0.05) is 16.4 Å². The van der Waals surface area contributed by atoms with Crippen LogP contribution < -0.4 is 15.2 Å². The fourth-order valence-corrected chi connectivity index (χ4v) is 1.84. The molecule has 6 heteroatoms. The van der Waals surface area contributed by atoms with E-state index in [1.165, 1.54) is 0 Å². The molecule has 1 atom stereocenters. The summed E-state index contributed by atoms with van der Waals surface area (Å²) in [6.07, 6.45) is 0.732. The van der Waals surface area contributed by atoms with Crippen molar-refractivity contribution in [2.75, 3.05) is 7.11 Å². The zero-order chi connectivity index (χ0) is 14.5. The lowest BCUT2D eigenvalue weighted by atomic mass is 10.1. The Morgan fingerprint density at radius 1 is 1.35 bits per heavy atom. The van der Waals surface area contributed by atoms with Crippen molar-refractivity contribution >= 4 is 0 Å². The number of nitrogens with two attached hydrogens (primary N) is 1. The number of benzene rings is 1. The van der Waals surface area contributed by atoms with Crippen LogP contribution in [-0.4, -0.2) is 23.5 Å². The fraction of sp³-hybridized carbons (Fsp3) is 0.429. The maximum atomic E-state index is 5.85. The largest absolute Gasteiger partial charge is 0.497 e. The average Bonchev–Trinajstić information content (AvgIpc) is 2.82. The van der Waals surface area contributed by atoms with Crippen molar-refractivity contribution in [3.63, 3.8) is 0 Å². The van der Waals surface area contributed by atoms with Crippen LogP contribution in [0.3, 0.4) is 0 Å². The third kappa shape index (κ3) is 3.48. The monoisotopic (exact) mass is 277 g/mol. The molecule has 6 nitrogen and oxygen atoms in total. The van der Waals surface area contributed by atoms with Gasteiger partial charge in [0.25, 0.3) is 0 Å². The van der Waals surface area contributed by atoms with Crippen LogP contribution in [0.25, 0.3) is 0 Å². The van der Waals surface area contributed by atoms with E-state index in [1.807, 2.05) is 32.0 Å². The van der Waals surface area contributed by atoms with Crippen LogP contribution in [0.1, 0.15) is 23.9 Å². The molecular formula is C14H19N3O3. The number of aromatic nitrogens is 2. The van der Waals surface area contributed by atoms with Crippen molar-refractivity contribution < 1.29 is 14.1 Å². The van der Waals surface area contributed by atoms with Gasteiger partial charge in [-0.15, -0.1) is 0 Å². The smallest absolute Gasteiger partial charge is 0.145 e. The van der Waals surface area contributed by atoms with E-state index in [1.54, 1.807) is 7.11 Å². The van der Waals surface area contributed by atoms with Crippen molar-refractivity contribution in [3.05, 3.63) is 35.2 Å². The van der Waals surface area contributed by atoms with Crippen molar-refractivity contribution in [2.45, 2.75) is 32.9 Å². The zero-order valence-corrected chi connectivity index (χ0v) is 11.9. The Balaban J connectivity index is 2.17. The van der Waals surface area contributed by atoms with Crippen LogP contribution in [-0.2, 0) is 13.0 Å². The molecule has 1 unspecified atom stereocenters. The lowest BCUT2D eigenvalue weighted by molar-refractivity contribution is 0.267.